The molecule has 0 aliphatic heterocycles. The lowest BCUT2D eigenvalue weighted by Crippen LogP contribution is -2.29. The molecule has 0 saturated carbocycles. The van der Waals surface area contributed by atoms with Gasteiger partial charge in [0.05, 0.1) is 24.3 Å². The normalized spacial score (nSPS) is 12.7. The van der Waals surface area contributed by atoms with Crippen LogP contribution in [0.3, 0.4) is 0 Å². The van der Waals surface area contributed by atoms with Crippen LogP contribution >= 0.6 is 0 Å². The molecule has 0 aliphatic rings. The van der Waals surface area contributed by atoms with Crippen LogP contribution < -0.4 is 11.3 Å². The summed E-state index contributed by atoms with van der Waals surface area (Å²) in [5, 5.41) is 0. The fraction of sp³-hybridized carbons (Fsp3) is 0.100. The predicted molar refractivity (Wildman–Crippen MR) is 52.1 cm³/mol. The standard InChI is InChI=1S/C10H10FN3O/c11-8-2-1-4-13-10(8)9(14-12)7-3-5-15-6-7/h1-6,9,14H,12H2. The number of nitrogens with one attached hydrogen (secondary N) is 1. The number of nitrogens with two attached hydrogens (primary N) is 1. The number of hydrogen-bond acceptors (Lipinski definition) is 4. The Bertz CT molecular complexity index is 430. The number of pyridine rings is 1. The summed E-state index contributed by atoms with van der Waals surface area (Å²) < 4.78 is 18.3. The topological polar surface area (TPSA) is 64.1 Å². The van der Waals surface area contributed by atoms with Crippen LogP contribution in [-0.4, -0.2) is 4.98 Å². The minimum absolute atomic E-state index is 0.251. The zero-order valence-corrected chi connectivity index (χ0v) is 7.85. The number of rotatable bonds is 3. The van der Waals surface area contributed by atoms with E-state index in [0.29, 0.717) is 0 Å². The average Bonchev–Trinajstić information content (AvgIpc) is 2.75. The summed E-state index contributed by atoms with van der Waals surface area (Å²) in [4.78, 5) is 3.95. The van der Waals surface area contributed by atoms with Gasteiger partial charge in [-0.1, -0.05) is 0 Å². The van der Waals surface area contributed by atoms with E-state index in [0.717, 1.165) is 5.56 Å². The lowest BCUT2D eigenvalue weighted by molar-refractivity contribution is 0.528. The van der Waals surface area contributed by atoms with Crippen molar-refractivity contribution in [3.63, 3.8) is 0 Å². The molecule has 3 N–H and O–H groups in total. The summed E-state index contributed by atoms with van der Waals surface area (Å²) in [5.41, 5.74) is 3.48. The maximum absolute atomic E-state index is 13.4. The number of nitrogens with zero attached hydrogens (tertiary/aromatic N) is 1. The zero-order valence-electron chi connectivity index (χ0n) is 7.85. The van der Waals surface area contributed by atoms with Gasteiger partial charge in [-0.25, -0.2) is 9.82 Å². The van der Waals surface area contributed by atoms with E-state index < -0.39 is 11.9 Å². The molecule has 4 nitrogen and oxygen atoms in total. The van der Waals surface area contributed by atoms with Gasteiger partial charge in [0.15, 0.2) is 0 Å². The van der Waals surface area contributed by atoms with E-state index in [1.807, 2.05) is 0 Å². The van der Waals surface area contributed by atoms with Crippen LogP contribution in [0.15, 0.2) is 41.3 Å². The van der Waals surface area contributed by atoms with Gasteiger partial charge in [-0.2, -0.15) is 0 Å². The van der Waals surface area contributed by atoms with Gasteiger partial charge in [-0.05, 0) is 18.2 Å². The van der Waals surface area contributed by atoms with E-state index in [9.17, 15) is 4.39 Å². The highest BCUT2D eigenvalue weighted by molar-refractivity contribution is 5.24. The monoisotopic (exact) mass is 207 g/mol. The van der Waals surface area contributed by atoms with Crippen LogP contribution in [0.2, 0.25) is 0 Å². The van der Waals surface area contributed by atoms with Gasteiger partial charge in [0, 0.05) is 11.8 Å². The Labute approximate surface area is 85.9 Å². The van der Waals surface area contributed by atoms with Gasteiger partial charge >= 0.3 is 0 Å². The second-order valence-corrected chi connectivity index (χ2v) is 3.03. The lowest BCUT2D eigenvalue weighted by atomic mass is 10.1. The highest BCUT2D eigenvalue weighted by Gasteiger charge is 2.18. The molecule has 2 aromatic heterocycles. The molecule has 0 fully saturated rings. The first kappa shape index (κ1) is 9.82. The Balaban J connectivity index is 2.40. The van der Waals surface area contributed by atoms with Crippen LogP contribution in [0.4, 0.5) is 4.39 Å². The zero-order chi connectivity index (χ0) is 10.7. The minimum Gasteiger partial charge on any atom is -0.472 e. The molecule has 2 heterocycles. The van der Waals surface area contributed by atoms with Crippen LogP contribution in [-0.2, 0) is 0 Å². The average molecular weight is 207 g/mol. The molecule has 0 aliphatic carbocycles. The summed E-state index contributed by atoms with van der Waals surface area (Å²) in [6.07, 6.45) is 4.52. The van der Waals surface area contributed by atoms with Crippen molar-refractivity contribution < 1.29 is 8.81 Å². The van der Waals surface area contributed by atoms with Crippen molar-refractivity contribution >= 4 is 0 Å². The van der Waals surface area contributed by atoms with E-state index in [1.165, 1.54) is 30.9 Å². The smallest absolute Gasteiger partial charge is 0.146 e. The summed E-state index contributed by atoms with van der Waals surface area (Å²) in [5.74, 6) is 4.97. The number of hydrogen-bond donors (Lipinski definition) is 2. The molecule has 0 saturated heterocycles. The third-order valence-electron chi connectivity index (χ3n) is 2.10. The first-order chi connectivity index (χ1) is 7.33. The van der Waals surface area contributed by atoms with Crippen molar-refractivity contribution in [3.8, 4) is 0 Å². The maximum Gasteiger partial charge on any atom is 0.146 e. The third kappa shape index (κ3) is 1.88. The Morgan fingerprint density at radius 2 is 2.33 bits per heavy atom. The quantitative estimate of drug-likeness (QED) is 0.589. The number of aromatic nitrogens is 1. The third-order valence-corrected chi connectivity index (χ3v) is 2.10. The molecule has 2 aromatic rings. The van der Waals surface area contributed by atoms with Gasteiger partial charge in [-0.15, -0.1) is 0 Å². The van der Waals surface area contributed by atoms with Crippen LogP contribution in [0.25, 0.3) is 0 Å². The molecule has 0 bridgehead atoms. The van der Waals surface area contributed by atoms with E-state index in [2.05, 4.69) is 10.4 Å². The number of furan rings is 1. The Kier molecular flexibility index (Phi) is 2.75. The number of hydrazine groups is 1. The molecule has 5 heteroatoms. The van der Waals surface area contributed by atoms with Gasteiger partial charge in [-0.3, -0.25) is 10.8 Å². The predicted octanol–water partition coefficient (Wildman–Crippen LogP) is 1.37. The van der Waals surface area contributed by atoms with Gasteiger partial charge < -0.3 is 4.42 Å². The molecule has 15 heavy (non-hydrogen) atoms. The molecule has 0 spiro atoms. The van der Waals surface area contributed by atoms with Crippen molar-refractivity contribution in [3.05, 3.63) is 54.0 Å². The molecule has 1 atom stereocenters. The summed E-state index contributed by atoms with van der Waals surface area (Å²) in [6, 6.07) is 4.08. The van der Waals surface area contributed by atoms with E-state index in [-0.39, 0.29) is 5.69 Å². The molecule has 78 valence electrons. The summed E-state index contributed by atoms with van der Waals surface area (Å²) >= 11 is 0. The fourth-order valence-electron chi connectivity index (χ4n) is 1.38. The Hall–Kier alpha value is -1.72. The van der Waals surface area contributed by atoms with Gasteiger partial charge in [0.25, 0.3) is 0 Å². The molecular formula is C10H10FN3O. The largest absolute Gasteiger partial charge is 0.472 e. The highest BCUT2D eigenvalue weighted by atomic mass is 19.1. The highest BCUT2D eigenvalue weighted by Crippen LogP contribution is 2.21. The minimum atomic E-state index is -0.495. The summed E-state index contributed by atoms with van der Waals surface area (Å²) in [6.45, 7) is 0. The molecule has 0 aromatic carbocycles. The SMILES string of the molecule is NNC(c1ccoc1)c1ncccc1F. The van der Waals surface area contributed by atoms with E-state index >= 15 is 0 Å². The van der Waals surface area contributed by atoms with Crippen molar-refractivity contribution in [2.45, 2.75) is 6.04 Å². The summed E-state index contributed by atoms with van der Waals surface area (Å²) in [7, 11) is 0. The van der Waals surface area contributed by atoms with Crippen molar-refractivity contribution in [1.29, 1.82) is 0 Å². The molecule has 1 unspecified atom stereocenters. The maximum atomic E-state index is 13.4. The number of halogens is 1. The van der Waals surface area contributed by atoms with Crippen LogP contribution in [0, 0.1) is 5.82 Å². The second kappa shape index (κ2) is 4.20. The van der Waals surface area contributed by atoms with Crippen molar-refractivity contribution in [2.75, 3.05) is 0 Å². The molecule has 0 radical (unpaired) electrons. The van der Waals surface area contributed by atoms with Crippen molar-refractivity contribution in [2.24, 2.45) is 5.84 Å². The van der Waals surface area contributed by atoms with Gasteiger partial charge in [0.1, 0.15) is 5.82 Å². The molecule has 2 rings (SSSR count). The lowest BCUT2D eigenvalue weighted by Gasteiger charge is -2.13. The van der Waals surface area contributed by atoms with Gasteiger partial charge in [0.2, 0.25) is 0 Å². The first-order valence-electron chi connectivity index (χ1n) is 4.41. The molecule has 0 amide bonds. The molecular weight excluding hydrogens is 197 g/mol. The Morgan fingerprint density at radius 3 is 2.93 bits per heavy atom. The van der Waals surface area contributed by atoms with E-state index in [4.69, 9.17) is 10.3 Å². The first-order valence-corrected chi connectivity index (χ1v) is 4.41. The second-order valence-electron chi connectivity index (χ2n) is 3.03. The van der Waals surface area contributed by atoms with Crippen molar-refractivity contribution in [1.82, 2.24) is 10.4 Å². The fourth-order valence-corrected chi connectivity index (χ4v) is 1.38. The Morgan fingerprint density at radius 1 is 1.47 bits per heavy atom. The van der Waals surface area contributed by atoms with Crippen LogP contribution in [0.5, 0.6) is 0 Å². The van der Waals surface area contributed by atoms with E-state index in [1.54, 1.807) is 6.07 Å². The van der Waals surface area contributed by atoms with Crippen LogP contribution in [0.1, 0.15) is 17.3 Å².